The highest BCUT2D eigenvalue weighted by molar-refractivity contribution is 6.31. The lowest BCUT2D eigenvalue weighted by atomic mass is 9.97. The molecule has 1 aliphatic rings. The highest BCUT2D eigenvalue weighted by atomic mass is 35.5. The number of rotatable bonds is 8. The van der Waals surface area contributed by atoms with Gasteiger partial charge in [0.05, 0.1) is 22.5 Å². The number of aromatic amines is 1. The maximum atomic E-state index is 11.1. The molecule has 5 rings (SSSR count). The number of piperazine rings is 1. The summed E-state index contributed by atoms with van der Waals surface area (Å²) in [4.78, 5) is 24.0. The van der Waals surface area contributed by atoms with Gasteiger partial charge in [0, 0.05) is 55.1 Å². The first-order valence-electron chi connectivity index (χ1n) is 12.8. The third-order valence-corrected chi connectivity index (χ3v) is 7.22. The number of aryl methyl sites for hydroxylation is 1. The number of nitrogens with zero attached hydrogens (tertiary/aromatic N) is 3. The fourth-order valence-corrected chi connectivity index (χ4v) is 5.03. The Labute approximate surface area is 227 Å². The molecule has 7 nitrogen and oxygen atoms in total. The topological polar surface area (TPSA) is 92.2 Å². The van der Waals surface area contributed by atoms with Crippen molar-refractivity contribution in [2.45, 2.75) is 19.4 Å². The molecule has 196 valence electrons. The normalized spacial score (nSPS) is 15.3. The van der Waals surface area contributed by atoms with Gasteiger partial charge in [-0.3, -0.25) is 9.69 Å². The van der Waals surface area contributed by atoms with Crippen LogP contribution in [0.25, 0.3) is 10.9 Å². The van der Waals surface area contributed by atoms with Crippen molar-refractivity contribution in [3.05, 3.63) is 94.0 Å². The lowest BCUT2D eigenvalue weighted by Crippen LogP contribution is -2.43. The van der Waals surface area contributed by atoms with Crippen molar-refractivity contribution in [2.75, 3.05) is 33.2 Å². The number of aromatic hydroxyl groups is 1. The third kappa shape index (κ3) is 6.07. The molecule has 38 heavy (non-hydrogen) atoms. The molecule has 3 N–H and O–H groups in total. The van der Waals surface area contributed by atoms with E-state index in [-0.39, 0.29) is 12.3 Å². The second kappa shape index (κ2) is 11.4. The Balaban J connectivity index is 1.52. The number of carboxylic acids is 1. The molecule has 2 heterocycles. The van der Waals surface area contributed by atoms with Gasteiger partial charge in [0.25, 0.3) is 0 Å². The van der Waals surface area contributed by atoms with Crippen LogP contribution in [0.2, 0.25) is 5.02 Å². The number of aliphatic carboxylic acids is 1. The maximum Gasteiger partial charge on any atom is 0.303 e. The number of nitrogens with one attached hydrogen (secondary N) is 1. The highest BCUT2D eigenvalue weighted by Crippen LogP contribution is 2.33. The van der Waals surface area contributed by atoms with E-state index in [2.05, 4.69) is 34.0 Å². The van der Waals surface area contributed by atoms with Gasteiger partial charge in [-0.2, -0.15) is 0 Å². The first-order valence-corrected chi connectivity index (χ1v) is 13.1. The molecule has 0 saturated carbocycles. The average Bonchev–Trinajstić information content (AvgIpc) is 3.23. The number of hydrogen-bond donors (Lipinski definition) is 3. The van der Waals surface area contributed by atoms with Gasteiger partial charge in [0.15, 0.2) is 5.88 Å². The summed E-state index contributed by atoms with van der Waals surface area (Å²) in [5.74, 6) is -0.837. The van der Waals surface area contributed by atoms with Gasteiger partial charge >= 0.3 is 5.97 Å². The molecule has 1 saturated heterocycles. The first-order chi connectivity index (χ1) is 18.4. The van der Waals surface area contributed by atoms with Gasteiger partial charge in [0.1, 0.15) is 0 Å². The zero-order valence-corrected chi connectivity index (χ0v) is 22.1. The van der Waals surface area contributed by atoms with Crippen molar-refractivity contribution in [3.63, 3.8) is 0 Å². The van der Waals surface area contributed by atoms with Crippen LogP contribution in [0.4, 0.5) is 5.69 Å². The zero-order chi connectivity index (χ0) is 26.6. The number of hydrogen-bond acceptors (Lipinski definition) is 5. The van der Waals surface area contributed by atoms with Crippen molar-refractivity contribution in [2.24, 2.45) is 4.99 Å². The number of carbonyl (C=O) groups is 1. The minimum absolute atomic E-state index is 0.00337. The molecule has 3 aromatic carbocycles. The Hall–Kier alpha value is -3.65. The van der Waals surface area contributed by atoms with E-state index in [4.69, 9.17) is 21.7 Å². The van der Waals surface area contributed by atoms with Gasteiger partial charge in [-0.15, -0.1) is 0 Å². The summed E-state index contributed by atoms with van der Waals surface area (Å²) < 4.78 is 0. The first kappa shape index (κ1) is 26.0. The highest BCUT2D eigenvalue weighted by Gasteiger charge is 2.20. The molecule has 4 aromatic rings. The summed E-state index contributed by atoms with van der Waals surface area (Å²) in [6.45, 7) is 5.18. The standard InChI is InChI=1S/C30H31ClN4O3/c1-34-13-15-35(16-14-34)19-21-5-9-24(10-6-21)32-29(22-4-2-3-20(17-22)7-12-27(36)37)28-25-11-8-23(31)18-26(25)33-30(28)38/h2-6,8-11,17-18,33,38H,7,12-16,19H2,1H3,(H,36,37). The van der Waals surface area contributed by atoms with E-state index in [9.17, 15) is 9.90 Å². The van der Waals surface area contributed by atoms with Gasteiger partial charge in [0.2, 0.25) is 0 Å². The summed E-state index contributed by atoms with van der Waals surface area (Å²) >= 11 is 6.19. The lowest BCUT2D eigenvalue weighted by Gasteiger charge is -2.32. The maximum absolute atomic E-state index is 11.1. The SMILES string of the molecule is CN1CCN(Cc2ccc(N=C(c3cccc(CCC(=O)O)c3)c3c(O)[nH]c4cc(Cl)ccc34)cc2)CC1. The van der Waals surface area contributed by atoms with E-state index in [1.165, 1.54) is 5.56 Å². The van der Waals surface area contributed by atoms with Crippen LogP contribution in [0.15, 0.2) is 71.7 Å². The second-order valence-corrected chi connectivity index (χ2v) is 10.3. The zero-order valence-electron chi connectivity index (χ0n) is 21.3. The van der Waals surface area contributed by atoms with E-state index in [1.807, 2.05) is 42.5 Å². The van der Waals surface area contributed by atoms with Gasteiger partial charge < -0.3 is 20.1 Å². The van der Waals surface area contributed by atoms with Crippen LogP contribution < -0.4 is 0 Å². The minimum atomic E-state index is -0.841. The summed E-state index contributed by atoms with van der Waals surface area (Å²) in [5.41, 5.74) is 5.56. The van der Waals surface area contributed by atoms with E-state index in [0.29, 0.717) is 28.2 Å². The third-order valence-electron chi connectivity index (χ3n) is 6.98. The molecule has 0 unspecified atom stereocenters. The van der Waals surface area contributed by atoms with E-state index in [1.54, 1.807) is 12.1 Å². The molecule has 1 aromatic heterocycles. The predicted octanol–water partition coefficient (Wildman–Crippen LogP) is 5.46. The summed E-state index contributed by atoms with van der Waals surface area (Å²) in [6.07, 6.45) is 0.453. The Morgan fingerprint density at radius 1 is 1.00 bits per heavy atom. The van der Waals surface area contributed by atoms with Crippen molar-refractivity contribution in [1.82, 2.24) is 14.8 Å². The van der Waals surface area contributed by atoms with Crippen molar-refractivity contribution < 1.29 is 15.0 Å². The number of carboxylic acid groups (broad SMARTS) is 1. The second-order valence-electron chi connectivity index (χ2n) is 9.84. The quantitative estimate of drug-likeness (QED) is 0.263. The number of likely N-dealkylation sites (N-methyl/N-ethyl adjacent to an activating group) is 1. The Morgan fingerprint density at radius 2 is 1.76 bits per heavy atom. The lowest BCUT2D eigenvalue weighted by molar-refractivity contribution is -0.136. The molecule has 1 aliphatic heterocycles. The van der Waals surface area contributed by atoms with Crippen LogP contribution in [-0.2, 0) is 17.8 Å². The van der Waals surface area contributed by atoms with Crippen molar-refractivity contribution >= 4 is 39.9 Å². The predicted molar refractivity (Wildman–Crippen MR) is 152 cm³/mol. The fraction of sp³-hybridized carbons (Fsp3) is 0.267. The van der Waals surface area contributed by atoms with Crippen molar-refractivity contribution in [3.8, 4) is 5.88 Å². The monoisotopic (exact) mass is 530 g/mol. The molecular weight excluding hydrogens is 500 g/mol. The molecule has 0 spiro atoms. The van der Waals surface area contributed by atoms with E-state index in [0.717, 1.165) is 54.9 Å². The largest absolute Gasteiger partial charge is 0.494 e. The number of benzene rings is 3. The van der Waals surface area contributed by atoms with Crippen LogP contribution in [0, 0.1) is 0 Å². The molecule has 0 bridgehead atoms. The summed E-state index contributed by atoms with van der Waals surface area (Å²) in [7, 11) is 2.16. The van der Waals surface area contributed by atoms with Gasteiger partial charge in [-0.25, -0.2) is 4.99 Å². The fourth-order valence-electron chi connectivity index (χ4n) is 4.85. The van der Waals surface area contributed by atoms with Gasteiger partial charge in [-0.1, -0.05) is 48.0 Å². The molecule has 0 aliphatic carbocycles. The van der Waals surface area contributed by atoms with Crippen LogP contribution in [0.1, 0.15) is 28.7 Å². The Bertz CT molecular complexity index is 1470. The number of aromatic nitrogens is 1. The van der Waals surface area contributed by atoms with Gasteiger partial charge in [-0.05, 0) is 54.9 Å². The molecular formula is C30H31ClN4O3. The minimum Gasteiger partial charge on any atom is -0.494 e. The number of aliphatic imine (C=N–C) groups is 1. The smallest absolute Gasteiger partial charge is 0.303 e. The molecule has 0 atom stereocenters. The molecule has 0 radical (unpaired) electrons. The van der Waals surface area contributed by atoms with E-state index < -0.39 is 5.97 Å². The van der Waals surface area contributed by atoms with Crippen LogP contribution in [0.5, 0.6) is 5.88 Å². The Morgan fingerprint density at radius 3 is 2.50 bits per heavy atom. The number of halogens is 1. The van der Waals surface area contributed by atoms with E-state index >= 15 is 0 Å². The van der Waals surface area contributed by atoms with Crippen LogP contribution >= 0.6 is 11.6 Å². The van der Waals surface area contributed by atoms with Crippen molar-refractivity contribution in [1.29, 1.82) is 0 Å². The summed E-state index contributed by atoms with van der Waals surface area (Å²) in [5, 5.41) is 21.5. The number of H-pyrrole nitrogens is 1. The Kier molecular flexibility index (Phi) is 7.79. The molecule has 1 fully saturated rings. The average molecular weight is 531 g/mol. The van der Waals surface area contributed by atoms with Crippen LogP contribution in [0.3, 0.4) is 0 Å². The van der Waals surface area contributed by atoms with Crippen LogP contribution in [-0.4, -0.2) is 69.9 Å². The molecule has 0 amide bonds. The molecule has 8 heteroatoms. The summed E-state index contributed by atoms with van der Waals surface area (Å²) in [6, 6.07) is 21.3. The number of fused-ring (bicyclic) bond motifs is 1.